The highest BCUT2D eigenvalue weighted by Crippen LogP contribution is 2.68. The lowest BCUT2D eigenvalue weighted by Gasteiger charge is -2.72. The summed E-state index contributed by atoms with van der Waals surface area (Å²) in [5.41, 5.74) is -11.2. The van der Waals surface area contributed by atoms with Gasteiger partial charge < -0.3 is 0 Å². The molecule has 1 rings (SSSR count). The zero-order valence-electron chi connectivity index (χ0n) is 13.3. The fourth-order valence-corrected chi connectivity index (χ4v) is 3.04. The Bertz CT molecular complexity index is 440. The summed E-state index contributed by atoms with van der Waals surface area (Å²) in [6.45, 7) is 0. The first-order chi connectivity index (χ1) is 11.1. The SMILES string of the molecule is CN(C)N1C(C(F)(F)F)(C(F)(F)F)N(N(C)C)C1(C(F)(F)F)C(F)(F)F. The summed E-state index contributed by atoms with van der Waals surface area (Å²) in [6, 6.07) is 0. The van der Waals surface area contributed by atoms with Crippen molar-refractivity contribution in [3.63, 3.8) is 0 Å². The van der Waals surface area contributed by atoms with Crippen molar-refractivity contribution in [1.29, 1.82) is 0 Å². The third kappa shape index (κ3) is 2.48. The van der Waals surface area contributed by atoms with Gasteiger partial charge in [-0.15, -0.1) is 0 Å². The summed E-state index contributed by atoms with van der Waals surface area (Å²) >= 11 is 0. The molecule has 0 unspecified atom stereocenters. The van der Waals surface area contributed by atoms with Crippen LogP contribution in [0.1, 0.15) is 0 Å². The van der Waals surface area contributed by atoms with Gasteiger partial charge in [0.1, 0.15) is 0 Å². The zero-order chi connectivity index (χ0) is 21.3. The Morgan fingerprint density at radius 3 is 0.692 bits per heavy atom. The largest absolute Gasteiger partial charge is 0.432 e. The summed E-state index contributed by atoms with van der Waals surface area (Å²) in [7, 11) is 0.855. The van der Waals surface area contributed by atoms with Crippen molar-refractivity contribution < 1.29 is 52.7 Å². The van der Waals surface area contributed by atoms with Crippen LogP contribution in [0.2, 0.25) is 0 Å². The third-order valence-electron chi connectivity index (χ3n) is 3.61. The van der Waals surface area contributed by atoms with Crippen molar-refractivity contribution >= 4 is 0 Å². The first-order valence-corrected chi connectivity index (χ1v) is 6.35. The van der Waals surface area contributed by atoms with Crippen LogP contribution in [0.25, 0.3) is 0 Å². The van der Waals surface area contributed by atoms with Gasteiger partial charge in [-0.3, -0.25) is 0 Å². The van der Waals surface area contributed by atoms with Gasteiger partial charge in [0.2, 0.25) is 0 Å². The molecule has 0 N–H and O–H groups in total. The van der Waals surface area contributed by atoms with E-state index in [-0.39, 0.29) is 28.2 Å². The van der Waals surface area contributed by atoms with Crippen molar-refractivity contribution in [3.05, 3.63) is 0 Å². The topological polar surface area (TPSA) is 13.0 Å². The average molecular weight is 416 g/mol. The lowest BCUT2D eigenvalue weighted by atomic mass is 9.87. The maximum Gasteiger partial charge on any atom is 0.432 e. The molecule has 0 bridgehead atoms. The van der Waals surface area contributed by atoms with E-state index in [1.165, 1.54) is 0 Å². The minimum atomic E-state index is -6.58. The molecule has 0 aliphatic carbocycles. The molecule has 0 aromatic rings. The average Bonchev–Trinajstić information content (AvgIpc) is 2.17. The van der Waals surface area contributed by atoms with Crippen molar-refractivity contribution in [2.24, 2.45) is 0 Å². The maximum atomic E-state index is 13.4. The summed E-state index contributed by atoms with van der Waals surface area (Å²) in [5, 5.41) is -4.64. The van der Waals surface area contributed by atoms with Crippen LogP contribution >= 0.6 is 0 Å². The Labute approximate surface area is 138 Å². The van der Waals surface area contributed by atoms with E-state index in [1.807, 2.05) is 0 Å². The molecule has 0 aromatic heterocycles. The van der Waals surface area contributed by atoms with Crippen molar-refractivity contribution in [1.82, 2.24) is 20.0 Å². The van der Waals surface area contributed by atoms with E-state index in [0.717, 1.165) is 0 Å². The Balaban J connectivity index is 4.10. The highest BCUT2D eigenvalue weighted by molar-refractivity contribution is 5.22. The molecular weight excluding hydrogens is 404 g/mol. The number of rotatable bonds is 2. The van der Waals surface area contributed by atoms with Gasteiger partial charge in [-0.1, -0.05) is 0 Å². The minimum Gasteiger partial charge on any atom is -0.243 e. The second-order valence-corrected chi connectivity index (χ2v) is 5.65. The van der Waals surface area contributed by atoms with Crippen LogP contribution in [0.5, 0.6) is 0 Å². The molecule has 0 saturated carbocycles. The van der Waals surface area contributed by atoms with Gasteiger partial charge in [0.25, 0.3) is 11.3 Å². The molecule has 0 atom stereocenters. The van der Waals surface area contributed by atoms with E-state index < -0.39 is 56.1 Å². The van der Waals surface area contributed by atoms with Gasteiger partial charge in [-0.25, -0.2) is 10.0 Å². The number of hydrogen-bond acceptors (Lipinski definition) is 4. The van der Waals surface area contributed by atoms with E-state index in [0.29, 0.717) is 0 Å². The molecule has 1 aliphatic rings. The Kier molecular flexibility index (Phi) is 5.09. The van der Waals surface area contributed by atoms with Gasteiger partial charge in [0.15, 0.2) is 0 Å². The maximum absolute atomic E-state index is 13.4. The fourth-order valence-electron chi connectivity index (χ4n) is 3.04. The van der Waals surface area contributed by atoms with Gasteiger partial charge in [0, 0.05) is 28.2 Å². The second kappa shape index (κ2) is 5.75. The first-order valence-electron chi connectivity index (χ1n) is 6.35. The lowest BCUT2D eigenvalue weighted by Crippen LogP contribution is -3.03. The Morgan fingerprint density at radius 2 is 0.615 bits per heavy atom. The third-order valence-corrected chi connectivity index (χ3v) is 3.61. The van der Waals surface area contributed by atoms with Crippen LogP contribution in [-0.2, 0) is 0 Å². The molecule has 1 saturated heterocycles. The molecule has 26 heavy (non-hydrogen) atoms. The monoisotopic (exact) mass is 416 g/mol. The van der Waals surface area contributed by atoms with E-state index >= 15 is 0 Å². The van der Waals surface area contributed by atoms with Gasteiger partial charge in [-0.2, -0.15) is 62.7 Å². The van der Waals surface area contributed by atoms with E-state index in [4.69, 9.17) is 0 Å². The quantitative estimate of drug-likeness (QED) is 0.642. The molecule has 0 radical (unpaired) electrons. The molecule has 1 fully saturated rings. The number of nitrogens with zero attached hydrogens (tertiary/aromatic N) is 4. The van der Waals surface area contributed by atoms with Gasteiger partial charge in [0.05, 0.1) is 0 Å². The van der Waals surface area contributed by atoms with Crippen LogP contribution in [0, 0.1) is 0 Å². The van der Waals surface area contributed by atoms with Crippen LogP contribution in [0.4, 0.5) is 52.7 Å². The van der Waals surface area contributed by atoms with Crippen LogP contribution in [0.15, 0.2) is 0 Å². The minimum absolute atomic E-state index is 0.214. The van der Waals surface area contributed by atoms with E-state index in [2.05, 4.69) is 0 Å². The summed E-state index contributed by atoms with van der Waals surface area (Å²) in [4.78, 5) is 0. The van der Waals surface area contributed by atoms with Crippen LogP contribution in [0.3, 0.4) is 0 Å². The molecule has 0 spiro atoms. The molecule has 0 aromatic carbocycles. The lowest BCUT2D eigenvalue weighted by molar-refractivity contribution is -0.610. The fraction of sp³-hybridized carbons (Fsp3) is 1.00. The molecule has 1 heterocycles. The molecule has 1 aliphatic heterocycles. The standard InChI is InChI=1S/C10H12F12N4/c1-23(2)25-5(7(11,12)13,8(14,15)16)26(24(3)4)6(25,9(17,18)19)10(20,21)22/h1-4H3. The van der Waals surface area contributed by atoms with Crippen molar-refractivity contribution in [2.45, 2.75) is 36.0 Å². The first kappa shape index (κ1) is 23.0. The molecule has 16 heteroatoms. The molecule has 0 amide bonds. The van der Waals surface area contributed by atoms with Gasteiger partial charge >= 0.3 is 24.7 Å². The molecule has 4 nitrogen and oxygen atoms in total. The summed E-state index contributed by atoms with van der Waals surface area (Å²) < 4.78 is 161. The number of hydrazine groups is 2. The predicted octanol–water partition coefficient (Wildman–Crippen LogP) is 3.20. The highest BCUT2D eigenvalue weighted by atomic mass is 19.4. The van der Waals surface area contributed by atoms with E-state index in [1.54, 1.807) is 0 Å². The smallest absolute Gasteiger partial charge is 0.243 e. The number of alkyl halides is 12. The van der Waals surface area contributed by atoms with Gasteiger partial charge in [-0.05, 0) is 0 Å². The molecule has 156 valence electrons. The molecular formula is C10H12F12N4. The summed E-state index contributed by atoms with van der Waals surface area (Å²) in [6.07, 6.45) is -26.3. The normalized spacial score (nSPS) is 22.8. The van der Waals surface area contributed by atoms with Crippen molar-refractivity contribution in [3.8, 4) is 0 Å². The van der Waals surface area contributed by atoms with Crippen LogP contribution < -0.4 is 0 Å². The van der Waals surface area contributed by atoms with Crippen molar-refractivity contribution in [2.75, 3.05) is 28.2 Å². The zero-order valence-corrected chi connectivity index (χ0v) is 13.3. The number of halogens is 12. The number of hydrogen-bond donors (Lipinski definition) is 0. The van der Waals surface area contributed by atoms with Crippen LogP contribution in [-0.4, -0.2) is 84.3 Å². The summed E-state index contributed by atoms with van der Waals surface area (Å²) in [5.74, 6) is 0. The highest BCUT2D eigenvalue weighted by Gasteiger charge is 3.00. The second-order valence-electron chi connectivity index (χ2n) is 5.65. The van der Waals surface area contributed by atoms with E-state index in [9.17, 15) is 52.7 Å². The predicted molar refractivity (Wildman–Crippen MR) is 60.7 cm³/mol. The Morgan fingerprint density at radius 1 is 0.462 bits per heavy atom. The Hall–Kier alpha value is -1.00.